The minimum Gasteiger partial charge on any atom is -0.756 e. The molecule has 40 heavy (non-hydrogen) atoms. The van der Waals surface area contributed by atoms with Gasteiger partial charge in [0.05, 0.1) is 46.6 Å². The average Bonchev–Trinajstić information content (AvgIpc) is 2.89. The first-order valence-corrected chi connectivity index (χ1v) is 17.5. The highest BCUT2D eigenvalue weighted by Crippen LogP contribution is 2.38. The molecule has 0 aliphatic heterocycles. The molecule has 0 amide bonds. The van der Waals surface area contributed by atoms with Crippen molar-refractivity contribution in [2.75, 3.05) is 54.1 Å². The van der Waals surface area contributed by atoms with Crippen molar-refractivity contribution >= 4 is 7.82 Å². The molecule has 0 radical (unpaired) electrons. The number of aliphatic hydroxyl groups is 3. The van der Waals surface area contributed by atoms with E-state index >= 15 is 0 Å². The van der Waals surface area contributed by atoms with Gasteiger partial charge in [-0.05, 0) is 25.7 Å². The Hall–Kier alpha value is -0.0900. The molecule has 0 bridgehead atoms. The number of nitrogens with zero attached hydrogens (tertiary/aromatic N) is 1. The molecule has 0 heterocycles. The summed E-state index contributed by atoms with van der Waals surface area (Å²) in [7, 11) is 1.32. The normalized spacial score (nSPS) is 16.1. The molecule has 0 saturated heterocycles. The van der Waals surface area contributed by atoms with Gasteiger partial charge in [0.1, 0.15) is 19.3 Å². The Labute approximate surface area is 245 Å². The van der Waals surface area contributed by atoms with E-state index in [0.717, 1.165) is 19.3 Å². The van der Waals surface area contributed by atoms with Crippen molar-refractivity contribution in [3.63, 3.8) is 0 Å². The van der Waals surface area contributed by atoms with E-state index in [2.05, 4.69) is 6.92 Å². The van der Waals surface area contributed by atoms with Crippen molar-refractivity contribution in [3.05, 3.63) is 0 Å². The lowest BCUT2D eigenvalue weighted by atomic mass is 10.0. The molecule has 0 aliphatic rings. The van der Waals surface area contributed by atoms with Crippen molar-refractivity contribution in [2.45, 2.75) is 141 Å². The molecule has 2 unspecified atom stereocenters. The molecule has 0 aromatic rings. The Balaban J connectivity index is 4.27. The largest absolute Gasteiger partial charge is 0.756 e. The number of unbranched alkanes of at least 4 members (excludes halogenated alkanes) is 14. The minimum absolute atomic E-state index is 0.0184. The van der Waals surface area contributed by atoms with Crippen LogP contribution >= 0.6 is 7.82 Å². The highest BCUT2D eigenvalue weighted by Gasteiger charge is 2.23. The second kappa shape index (κ2) is 25.4. The van der Waals surface area contributed by atoms with Crippen LogP contribution in [0, 0.1) is 0 Å². The van der Waals surface area contributed by atoms with Gasteiger partial charge in [-0.1, -0.05) is 96.8 Å². The lowest BCUT2D eigenvalue weighted by molar-refractivity contribution is -0.870. The van der Waals surface area contributed by atoms with E-state index in [1.165, 1.54) is 70.6 Å². The van der Waals surface area contributed by atoms with Crippen LogP contribution in [0.1, 0.15) is 122 Å². The first-order chi connectivity index (χ1) is 19.0. The SMILES string of the molecule is CCCCCCCCCCCCCCCC[C@@H](O)[C@H](COP(=O)([O-])OCC[N+](C)(C)C)OCCCCC(O)CO. The van der Waals surface area contributed by atoms with E-state index in [9.17, 15) is 19.7 Å². The summed E-state index contributed by atoms with van der Waals surface area (Å²) in [6.45, 7) is 2.50. The fourth-order valence-electron chi connectivity index (χ4n) is 4.44. The Morgan fingerprint density at radius 2 is 1.23 bits per heavy atom. The number of rotatable bonds is 30. The number of quaternary nitrogens is 1. The summed E-state index contributed by atoms with van der Waals surface area (Å²) >= 11 is 0. The Morgan fingerprint density at radius 1 is 0.725 bits per heavy atom. The summed E-state index contributed by atoms with van der Waals surface area (Å²) < 4.78 is 28.6. The maximum atomic E-state index is 12.2. The van der Waals surface area contributed by atoms with Gasteiger partial charge in [0.2, 0.25) is 0 Å². The van der Waals surface area contributed by atoms with Gasteiger partial charge < -0.3 is 38.5 Å². The summed E-state index contributed by atoms with van der Waals surface area (Å²) in [5.41, 5.74) is 0. The predicted octanol–water partition coefficient (Wildman–Crippen LogP) is 5.34. The molecule has 0 fully saturated rings. The van der Waals surface area contributed by atoms with Gasteiger partial charge >= 0.3 is 0 Å². The van der Waals surface area contributed by atoms with E-state index in [4.69, 9.17) is 18.9 Å². The molecule has 0 rings (SSSR count). The molecule has 0 spiro atoms. The summed E-state index contributed by atoms with van der Waals surface area (Å²) in [5.74, 6) is 0. The van der Waals surface area contributed by atoms with Crippen LogP contribution in [0.25, 0.3) is 0 Å². The fourth-order valence-corrected chi connectivity index (χ4v) is 5.15. The standard InChI is InChI=1S/C30H64NO8P/c1-5-6-7-8-9-10-11-12-13-14-15-16-17-18-22-29(34)30(37-24-20-19-21-28(33)26-32)27-39-40(35,36)38-25-23-31(2,3)4/h28-30,32-34H,5-27H2,1-4H3/t28?,29-,30+/m1/s1. The van der Waals surface area contributed by atoms with Crippen LogP contribution in [0.2, 0.25) is 0 Å². The lowest BCUT2D eigenvalue weighted by Gasteiger charge is -2.29. The van der Waals surface area contributed by atoms with Crippen LogP contribution in [0.3, 0.4) is 0 Å². The summed E-state index contributed by atoms with van der Waals surface area (Å²) in [5, 5.41) is 29.2. The molecule has 0 aromatic heterocycles. The zero-order valence-electron chi connectivity index (χ0n) is 26.3. The lowest BCUT2D eigenvalue weighted by Crippen LogP contribution is -2.38. The van der Waals surface area contributed by atoms with E-state index in [1.807, 2.05) is 21.1 Å². The van der Waals surface area contributed by atoms with Crippen LogP contribution in [0.15, 0.2) is 0 Å². The number of hydrogen-bond acceptors (Lipinski definition) is 8. The van der Waals surface area contributed by atoms with E-state index in [0.29, 0.717) is 43.3 Å². The second-order valence-corrected chi connectivity index (χ2v) is 13.7. The van der Waals surface area contributed by atoms with Crippen molar-refractivity contribution in [1.29, 1.82) is 0 Å². The van der Waals surface area contributed by atoms with Crippen LogP contribution in [0.5, 0.6) is 0 Å². The highest BCUT2D eigenvalue weighted by atomic mass is 31.2. The zero-order chi connectivity index (χ0) is 30.1. The van der Waals surface area contributed by atoms with Crippen LogP contribution in [0.4, 0.5) is 0 Å². The molecular weight excluding hydrogens is 533 g/mol. The Bertz CT molecular complexity index is 605. The maximum absolute atomic E-state index is 12.2. The average molecular weight is 598 g/mol. The third kappa shape index (κ3) is 26.8. The third-order valence-electron chi connectivity index (χ3n) is 7.17. The van der Waals surface area contributed by atoms with Crippen LogP contribution in [-0.4, -0.2) is 92.2 Å². The van der Waals surface area contributed by atoms with Crippen molar-refractivity contribution < 1.29 is 43.0 Å². The number of hydrogen-bond donors (Lipinski definition) is 3. The van der Waals surface area contributed by atoms with Crippen LogP contribution in [-0.2, 0) is 18.3 Å². The minimum atomic E-state index is -4.51. The van der Waals surface area contributed by atoms with Gasteiger partial charge in [-0.15, -0.1) is 0 Å². The van der Waals surface area contributed by atoms with E-state index in [-0.39, 0.29) is 19.8 Å². The summed E-state index contributed by atoms with van der Waals surface area (Å²) in [6, 6.07) is 0. The Morgan fingerprint density at radius 3 is 1.73 bits per heavy atom. The summed E-state index contributed by atoms with van der Waals surface area (Å²) in [6.07, 6.45) is 17.5. The van der Waals surface area contributed by atoms with Gasteiger partial charge in [-0.3, -0.25) is 4.57 Å². The van der Waals surface area contributed by atoms with Gasteiger partial charge in [0.15, 0.2) is 0 Å². The monoisotopic (exact) mass is 597 g/mol. The smallest absolute Gasteiger partial charge is 0.268 e. The van der Waals surface area contributed by atoms with Crippen molar-refractivity contribution in [3.8, 4) is 0 Å². The Kier molecular flexibility index (Phi) is 25.4. The molecule has 10 heteroatoms. The molecular formula is C30H64NO8P. The summed E-state index contributed by atoms with van der Waals surface area (Å²) in [4.78, 5) is 12.2. The number of phosphoric acid groups is 1. The van der Waals surface area contributed by atoms with Gasteiger partial charge in [-0.25, -0.2) is 0 Å². The third-order valence-corrected chi connectivity index (χ3v) is 8.13. The number of phosphoric ester groups is 1. The highest BCUT2D eigenvalue weighted by molar-refractivity contribution is 7.45. The second-order valence-electron chi connectivity index (χ2n) is 12.3. The number of aliphatic hydroxyl groups excluding tert-OH is 3. The van der Waals surface area contributed by atoms with Gasteiger partial charge in [0, 0.05) is 6.61 Å². The van der Waals surface area contributed by atoms with E-state index in [1.54, 1.807) is 0 Å². The predicted molar refractivity (Wildman–Crippen MR) is 160 cm³/mol. The van der Waals surface area contributed by atoms with E-state index < -0.39 is 26.1 Å². The topological polar surface area (TPSA) is 129 Å². The zero-order valence-corrected chi connectivity index (χ0v) is 27.2. The number of likely N-dealkylation sites (N-methyl/N-ethyl adjacent to an activating group) is 1. The number of ether oxygens (including phenoxy) is 1. The van der Waals surface area contributed by atoms with Crippen molar-refractivity contribution in [2.24, 2.45) is 0 Å². The molecule has 4 atom stereocenters. The van der Waals surface area contributed by atoms with Gasteiger partial charge in [0.25, 0.3) is 7.82 Å². The molecule has 0 aromatic carbocycles. The first-order valence-electron chi connectivity index (χ1n) is 16.0. The molecule has 9 nitrogen and oxygen atoms in total. The van der Waals surface area contributed by atoms with Gasteiger partial charge in [-0.2, -0.15) is 0 Å². The molecule has 242 valence electrons. The van der Waals surface area contributed by atoms with Crippen LogP contribution < -0.4 is 4.89 Å². The molecule has 0 aliphatic carbocycles. The van der Waals surface area contributed by atoms with Crippen molar-refractivity contribution in [1.82, 2.24) is 0 Å². The molecule has 0 saturated carbocycles. The quantitative estimate of drug-likeness (QED) is 0.0576. The first kappa shape index (κ1) is 39.9. The maximum Gasteiger partial charge on any atom is 0.268 e. The molecule has 3 N–H and O–H groups in total. The fraction of sp³-hybridized carbons (Fsp3) is 1.00.